The first-order valence-corrected chi connectivity index (χ1v) is 4.57. The molecule has 0 aliphatic carbocycles. The summed E-state index contributed by atoms with van der Waals surface area (Å²) >= 11 is 0. The van der Waals surface area contributed by atoms with E-state index in [1.165, 1.54) is 18.5 Å². The van der Waals surface area contributed by atoms with E-state index >= 15 is 0 Å². The maximum Gasteiger partial charge on any atom is 0.249 e. The lowest BCUT2D eigenvalue weighted by atomic mass is 10.0. The monoisotopic (exact) mass is 224 g/mol. The summed E-state index contributed by atoms with van der Waals surface area (Å²) in [6, 6.07) is 1.40. The highest BCUT2D eigenvalue weighted by atomic mass is 19.3. The number of carbonyl (C=O) groups is 1. The van der Waals surface area contributed by atoms with Crippen LogP contribution in [0.15, 0.2) is 18.5 Å². The zero-order valence-corrected chi connectivity index (χ0v) is 8.15. The zero-order valence-electron chi connectivity index (χ0n) is 8.15. The number of primary amides is 1. The molecule has 1 aromatic heterocycles. The average Bonchev–Trinajstić information content (AvgIpc) is 2.60. The fourth-order valence-electron chi connectivity index (χ4n) is 1.60. The van der Waals surface area contributed by atoms with Crippen molar-refractivity contribution in [2.24, 2.45) is 5.73 Å². The molecule has 0 unspecified atom stereocenters. The molecule has 0 saturated heterocycles. The third-order valence-electron chi connectivity index (χ3n) is 2.23. The fourth-order valence-corrected chi connectivity index (χ4v) is 1.60. The summed E-state index contributed by atoms with van der Waals surface area (Å²) in [6.45, 7) is 0. The van der Waals surface area contributed by atoms with Crippen molar-refractivity contribution in [3.8, 4) is 0 Å². The maximum atomic E-state index is 12.3. The van der Waals surface area contributed by atoms with Crippen molar-refractivity contribution < 1.29 is 13.6 Å². The molecule has 1 radical (unpaired) electrons. The number of amides is 1. The number of carbonyl (C=O) groups excluding carboxylic acids is 1. The minimum atomic E-state index is -2.49. The normalized spacial score (nSPS) is 13.3. The van der Waals surface area contributed by atoms with E-state index in [1.807, 2.05) is 0 Å². The third kappa shape index (κ3) is 1.73. The van der Waals surface area contributed by atoms with E-state index in [0.29, 0.717) is 11.1 Å². The van der Waals surface area contributed by atoms with Gasteiger partial charge in [-0.25, -0.2) is 19.1 Å². The molecule has 0 bridgehead atoms. The number of rotatable bonds is 3. The maximum absolute atomic E-state index is 12.3. The molecular formula is C10H8F2N3O. The van der Waals surface area contributed by atoms with Crippen LogP contribution < -0.4 is 11.1 Å². The molecule has 0 atom stereocenters. The molecule has 0 spiro atoms. The van der Waals surface area contributed by atoms with E-state index in [-0.39, 0.29) is 11.4 Å². The van der Waals surface area contributed by atoms with Gasteiger partial charge in [-0.3, -0.25) is 4.79 Å². The molecular weight excluding hydrogens is 216 g/mol. The van der Waals surface area contributed by atoms with Gasteiger partial charge in [-0.15, -0.1) is 0 Å². The van der Waals surface area contributed by atoms with Crippen LogP contribution in [0.3, 0.4) is 0 Å². The summed E-state index contributed by atoms with van der Waals surface area (Å²) in [7, 11) is 0. The first-order valence-electron chi connectivity index (χ1n) is 4.57. The Hall–Kier alpha value is -1.98. The highest BCUT2D eigenvalue weighted by Crippen LogP contribution is 2.34. The van der Waals surface area contributed by atoms with Crippen LogP contribution in [0, 0.1) is 0 Å². The summed E-state index contributed by atoms with van der Waals surface area (Å²) in [5.74, 6) is -0.400. The Balaban J connectivity index is 2.45. The SMILES string of the molecule is NC(=O)c1ccnc2c1C(CC(F)F)=C[N]2. The second-order valence-electron chi connectivity index (χ2n) is 3.30. The van der Waals surface area contributed by atoms with Crippen molar-refractivity contribution in [2.45, 2.75) is 12.8 Å². The summed E-state index contributed by atoms with van der Waals surface area (Å²) < 4.78 is 24.6. The molecule has 2 N–H and O–H groups in total. The van der Waals surface area contributed by atoms with Crippen LogP contribution in [0.2, 0.25) is 0 Å². The predicted octanol–water partition coefficient (Wildman–Crippen LogP) is 1.43. The van der Waals surface area contributed by atoms with Gasteiger partial charge in [-0.2, -0.15) is 0 Å². The number of hydrogen-bond acceptors (Lipinski definition) is 2. The molecule has 2 heterocycles. The molecule has 1 aliphatic rings. The Morgan fingerprint density at radius 1 is 1.50 bits per heavy atom. The van der Waals surface area contributed by atoms with Crippen molar-refractivity contribution >= 4 is 17.3 Å². The standard InChI is InChI=1S/C10H8F2N3O/c11-7(12)3-5-4-15-10-8(5)6(9(13)16)1-2-14-10/h1-2,4,7H,3H2,(H2,13,16). The van der Waals surface area contributed by atoms with E-state index in [2.05, 4.69) is 10.3 Å². The van der Waals surface area contributed by atoms with Gasteiger partial charge in [0.25, 0.3) is 0 Å². The van der Waals surface area contributed by atoms with Crippen molar-refractivity contribution in [1.82, 2.24) is 10.3 Å². The lowest BCUT2D eigenvalue weighted by Crippen LogP contribution is -2.14. The van der Waals surface area contributed by atoms with Crippen LogP contribution in [0.25, 0.3) is 5.57 Å². The summed E-state index contributed by atoms with van der Waals surface area (Å²) in [5.41, 5.74) is 5.96. The molecule has 4 nitrogen and oxygen atoms in total. The van der Waals surface area contributed by atoms with Crippen molar-refractivity contribution in [3.05, 3.63) is 29.6 Å². The molecule has 0 saturated carbocycles. The number of halogens is 2. The molecule has 1 aliphatic heterocycles. The molecule has 16 heavy (non-hydrogen) atoms. The lowest BCUT2D eigenvalue weighted by Gasteiger charge is -2.06. The molecule has 0 aromatic carbocycles. The predicted molar refractivity (Wildman–Crippen MR) is 53.1 cm³/mol. The number of aromatic nitrogens is 1. The van der Waals surface area contributed by atoms with E-state index in [9.17, 15) is 13.6 Å². The largest absolute Gasteiger partial charge is 0.366 e. The van der Waals surface area contributed by atoms with E-state index < -0.39 is 18.8 Å². The van der Waals surface area contributed by atoms with E-state index in [4.69, 9.17) is 5.73 Å². The summed E-state index contributed by atoms with van der Waals surface area (Å²) in [6.07, 6.45) is -0.270. The highest BCUT2D eigenvalue weighted by molar-refractivity contribution is 6.00. The van der Waals surface area contributed by atoms with Crippen LogP contribution in [0.4, 0.5) is 14.6 Å². The Morgan fingerprint density at radius 2 is 2.25 bits per heavy atom. The number of allylic oxidation sites excluding steroid dienone is 1. The van der Waals surface area contributed by atoms with Crippen LogP contribution in [-0.4, -0.2) is 17.3 Å². The van der Waals surface area contributed by atoms with Gasteiger partial charge in [-0.1, -0.05) is 0 Å². The first kappa shape index (κ1) is 10.5. The van der Waals surface area contributed by atoms with Gasteiger partial charge in [0.1, 0.15) is 0 Å². The van der Waals surface area contributed by atoms with Gasteiger partial charge in [0, 0.05) is 24.4 Å². The number of pyridine rings is 1. The Kier molecular flexibility index (Phi) is 2.55. The van der Waals surface area contributed by atoms with Crippen LogP contribution in [-0.2, 0) is 0 Å². The first-order chi connectivity index (χ1) is 7.59. The molecule has 83 valence electrons. The second kappa shape index (κ2) is 3.88. The minimum Gasteiger partial charge on any atom is -0.366 e. The van der Waals surface area contributed by atoms with Crippen molar-refractivity contribution in [3.63, 3.8) is 0 Å². The van der Waals surface area contributed by atoms with Gasteiger partial charge < -0.3 is 5.73 Å². The molecule has 6 heteroatoms. The van der Waals surface area contributed by atoms with Crippen LogP contribution >= 0.6 is 0 Å². The summed E-state index contributed by atoms with van der Waals surface area (Å²) in [5, 5.41) is 3.86. The quantitative estimate of drug-likeness (QED) is 0.843. The Bertz CT molecular complexity index is 471. The van der Waals surface area contributed by atoms with Gasteiger partial charge in [-0.05, 0) is 11.6 Å². The zero-order chi connectivity index (χ0) is 11.7. The van der Waals surface area contributed by atoms with E-state index in [0.717, 1.165) is 0 Å². The molecule has 2 rings (SSSR count). The molecule has 1 aromatic rings. The highest BCUT2D eigenvalue weighted by Gasteiger charge is 2.24. The van der Waals surface area contributed by atoms with Gasteiger partial charge in [0.05, 0.1) is 5.56 Å². The topological polar surface area (TPSA) is 70.1 Å². The second-order valence-corrected chi connectivity index (χ2v) is 3.30. The minimum absolute atomic E-state index is 0.179. The number of hydrogen-bond donors (Lipinski definition) is 1. The van der Waals surface area contributed by atoms with Gasteiger partial charge >= 0.3 is 0 Å². The lowest BCUT2D eigenvalue weighted by molar-refractivity contribution is 0.0999. The van der Waals surface area contributed by atoms with Gasteiger partial charge in [0.2, 0.25) is 12.3 Å². The van der Waals surface area contributed by atoms with Gasteiger partial charge in [0.15, 0.2) is 5.82 Å². The van der Waals surface area contributed by atoms with E-state index in [1.54, 1.807) is 0 Å². The molecule has 0 fully saturated rings. The smallest absolute Gasteiger partial charge is 0.249 e. The molecule has 1 amide bonds. The fraction of sp³-hybridized carbons (Fsp3) is 0.200. The Labute approximate surface area is 90.2 Å². The van der Waals surface area contributed by atoms with Crippen LogP contribution in [0.5, 0.6) is 0 Å². The number of nitrogens with two attached hydrogens (primary N) is 1. The number of alkyl halides is 2. The number of fused-ring (bicyclic) bond motifs is 1. The van der Waals surface area contributed by atoms with Crippen molar-refractivity contribution in [1.29, 1.82) is 0 Å². The van der Waals surface area contributed by atoms with Crippen molar-refractivity contribution in [2.75, 3.05) is 0 Å². The average molecular weight is 224 g/mol. The van der Waals surface area contributed by atoms with Crippen LogP contribution in [0.1, 0.15) is 22.3 Å². The Morgan fingerprint density at radius 3 is 2.88 bits per heavy atom. The number of nitrogens with zero attached hydrogens (tertiary/aromatic N) is 2. The summed E-state index contributed by atoms with van der Waals surface area (Å²) in [4.78, 5) is 15.0. The third-order valence-corrected chi connectivity index (χ3v) is 2.23.